The Morgan fingerprint density at radius 3 is 2.89 bits per heavy atom. The number of fused-ring (bicyclic) bond motifs is 1. The van der Waals surface area contributed by atoms with E-state index in [1.807, 2.05) is 4.90 Å². The number of nitrogens with two attached hydrogens (primary N) is 1. The fourth-order valence-electron chi connectivity index (χ4n) is 2.69. The van der Waals surface area contributed by atoms with Crippen LogP contribution in [0.2, 0.25) is 0 Å². The van der Waals surface area contributed by atoms with Gasteiger partial charge in [0, 0.05) is 24.7 Å². The summed E-state index contributed by atoms with van der Waals surface area (Å²) >= 11 is 0. The van der Waals surface area contributed by atoms with Gasteiger partial charge in [-0.2, -0.15) is 0 Å². The van der Waals surface area contributed by atoms with Gasteiger partial charge in [-0.25, -0.2) is 0 Å². The average Bonchev–Trinajstić information content (AvgIpc) is 2.94. The van der Waals surface area contributed by atoms with Gasteiger partial charge in [0.2, 0.25) is 0 Å². The van der Waals surface area contributed by atoms with E-state index in [1.165, 1.54) is 0 Å². The van der Waals surface area contributed by atoms with Crippen LogP contribution < -0.4 is 15.2 Å². The second-order valence-electron chi connectivity index (χ2n) is 4.89. The Labute approximate surface area is 112 Å². The van der Waals surface area contributed by atoms with Crippen molar-refractivity contribution in [2.75, 3.05) is 26.3 Å². The van der Waals surface area contributed by atoms with Crippen molar-refractivity contribution >= 4 is 5.91 Å². The van der Waals surface area contributed by atoms with Gasteiger partial charge in [0.15, 0.2) is 11.5 Å². The molecule has 0 radical (unpaired) electrons. The maximum absolute atomic E-state index is 12.5. The number of amides is 1. The van der Waals surface area contributed by atoms with Crippen LogP contribution in [-0.2, 0) is 0 Å². The zero-order chi connectivity index (χ0) is 13.2. The number of nitrogens with zero attached hydrogens (tertiary/aromatic N) is 1. The normalized spacial score (nSPS) is 21.5. The van der Waals surface area contributed by atoms with Crippen molar-refractivity contribution in [2.45, 2.75) is 18.9 Å². The predicted molar refractivity (Wildman–Crippen MR) is 70.5 cm³/mol. The van der Waals surface area contributed by atoms with Crippen LogP contribution in [0.4, 0.5) is 0 Å². The molecule has 2 heterocycles. The van der Waals surface area contributed by atoms with Crippen LogP contribution in [0.25, 0.3) is 0 Å². The largest absolute Gasteiger partial charge is 0.486 e. The lowest BCUT2D eigenvalue weighted by atomic mass is 10.1. The molecule has 19 heavy (non-hydrogen) atoms. The van der Waals surface area contributed by atoms with Gasteiger partial charge in [-0.1, -0.05) is 0 Å². The predicted octanol–water partition coefficient (Wildman–Crippen LogP) is 1.02. The minimum absolute atomic E-state index is 0.0323. The summed E-state index contributed by atoms with van der Waals surface area (Å²) in [6.07, 6.45) is 2.02. The zero-order valence-corrected chi connectivity index (χ0v) is 10.8. The van der Waals surface area contributed by atoms with Crippen molar-refractivity contribution in [1.82, 2.24) is 4.90 Å². The minimum Gasteiger partial charge on any atom is -0.486 e. The molecule has 0 spiro atoms. The van der Waals surface area contributed by atoms with E-state index in [0.717, 1.165) is 19.4 Å². The van der Waals surface area contributed by atoms with Gasteiger partial charge >= 0.3 is 0 Å². The zero-order valence-electron chi connectivity index (χ0n) is 10.8. The van der Waals surface area contributed by atoms with E-state index >= 15 is 0 Å². The topological polar surface area (TPSA) is 64.8 Å². The van der Waals surface area contributed by atoms with Crippen molar-refractivity contribution < 1.29 is 14.3 Å². The van der Waals surface area contributed by atoms with Crippen LogP contribution in [0.15, 0.2) is 18.2 Å². The highest BCUT2D eigenvalue weighted by Crippen LogP contribution is 2.31. The van der Waals surface area contributed by atoms with Crippen LogP contribution in [0.5, 0.6) is 11.5 Å². The van der Waals surface area contributed by atoms with E-state index in [4.69, 9.17) is 15.2 Å². The molecule has 0 bridgehead atoms. The molecule has 0 aromatic heterocycles. The molecule has 2 N–H and O–H groups in total. The van der Waals surface area contributed by atoms with Crippen LogP contribution in [0.3, 0.4) is 0 Å². The smallest absolute Gasteiger partial charge is 0.254 e. The maximum atomic E-state index is 12.5. The third-order valence-electron chi connectivity index (χ3n) is 3.70. The third kappa shape index (κ3) is 2.26. The first kappa shape index (κ1) is 12.3. The average molecular weight is 262 g/mol. The summed E-state index contributed by atoms with van der Waals surface area (Å²) in [5.41, 5.74) is 6.36. The number of carbonyl (C=O) groups excluding carboxylic acids is 1. The molecule has 1 atom stereocenters. The Morgan fingerprint density at radius 1 is 1.32 bits per heavy atom. The fourth-order valence-corrected chi connectivity index (χ4v) is 2.69. The minimum atomic E-state index is 0.0323. The van der Waals surface area contributed by atoms with Gasteiger partial charge in [0.25, 0.3) is 5.91 Å². The molecule has 1 unspecified atom stereocenters. The Balaban J connectivity index is 1.83. The van der Waals surface area contributed by atoms with Gasteiger partial charge in [-0.3, -0.25) is 4.79 Å². The molecular weight excluding hydrogens is 244 g/mol. The van der Waals surface area contributed by atoms with Gasteiger partial charge < -0.3 is 20.1 Å². The van der Waals surface area contributed by atoms with Crippen LogP contribution in [0, 0.1) is 0 Å². The molecular formula is C14H18N2O3. The van der Waals surface area contributed by atoms with E-state index in [9.17, 15) is 4.79 Å². The van der Waals surface area contributed by atoms with Crippen molar-refractivity contribution in [3.8, 4) is 11.5 Å². The first-order valence-electron chi connectivity index (χ1n) is 6.70. The van der Waals surface area contributed by atoms with Gasteiger partial charge in [0.05, 0.1) is 0 Å². The number of benzene rings is 1. The van der Waals surface area contributed by atoms with Crippen LogP contribution in [-0.4, -0.2) is 43.2 Å². The lowest BCUT2D eigenvalue weighted by Gasteiger charge is -2.24. The number of ether oxygens (including phenoxy) is 2. The maximum Gasteiger partial charge on any atom is 0.254 e. The van der Waals surface area contributed by atoms with E-state index in [1.54, 1.807) is 18.2 Å². The Morgan fingerprint density at radius 2 is 2.11 bits per heavy atom. The monoisotopic (exact) mass is 262 g/mol. The first-order chi connectivity index (χ1) is 9.29. The highest BCUT2D eigenvalue weighted by Gasteiger charge is 2.29. The van der Waals surface area contributed by atoms with Gasteiger partial charge in [0.1, 0.15) is 13.2 Å². The second kappa shape index (κ2) is 5.09. The molecule has 5 heteroatoms. The number of carbonyl (C=O) groups is 1. The van der Waals surface area contributed by atoms with Crippen molar-refractivity contribution in [2.24, 2.45) is 5.73 Å². The summed E-state index contributed by atoms with van der Waals surface area (Å²) in [6.45, 7) is 2.40. The molecule has 0 saturated carbocycles. The molecule has 2 aliphatic heterocycles. The number of rotatable bonds is 2. The molecule has 1 aromatic carbocycles. The quantitative estimate of drug-likeness (QED) is 0.864. The van der Waals surface area contributed by atoms with Crippen molar-refractivity contribution in [1.29, 1.82) is 0 Å². The van der Waals surface area contributed by atoms with E-state index in [0.29, 0.717) is 36.8 Å². The summed E-state index contributed by atoms with van der Waals surface area (Å²) in [4.78, 5) is 14.3. The van der Waals surface area contributed by atoms with Crippen molar-refractivity contribution in [3.63, 3.8) is 0 Å². The van der Waals surface area contributed by atoms with Gasteiger partial charge in [-0.15, -0.1) is 0 Å². The summed E-state index contributed by atoms with van der Waals surface area (Å²) in [6, 6.07) is 5.53. The summed E-state index contributed by atoms with van der Waals surface area (Å²) in [7, 11) is 0. The van der Waals surface area contributed by atoms with Crippen molar-refractivity contribution in [3.05, 3.63) is 23.8 Å². The molecule has 1 amide bonds. The van der Waals surface area contributed by atoms with E-state index < -0.39 is 0 Å². The lowest BCUT2D eigenvalue weighted by molar-refractivity contribution is 0.0740. The molecule has 5 nitrogen and oxygen atoms in total. The molecule has 0 aliphatic carbocycles. The molecule has 3 rings (SSSR count). The Bertz CT molecular complexity index is 490. The van der Waals surface area contributed by atoms with E-state index in [-0.39, 0.29) is 11.9 Å². The third-order valence-corrected chi connectivity index (χ3v) is 3.70. The summed E-state index contributed by atoms with van der Waals surface area (Å²) < 4.78 is 11.0. The highest BCUT2D eigenvalue weighted by molar-refractivity contribution is 5.95. The fraction of sp³-hybridized carbons (Fsp3) is 0.500. The van der Waals surface area contributed by atoms with Crippen LogP contribution in [0.1, 0.15) is 23.2 Å². The molecule has 102 valence electrons. The number of hydrogen-bond donors (Lipinski definition) is 1. The summed E-state index contributed by atoms with van der Waals surface area (Å²) in [5, 5.41) is 0. The summed E-state index contributed by atoms with van der Waals surface area (Å²) in [5.74, 6) is 1.39. The van der Waals surface area contributed by atoms with E-state index in [2.05, 4.69) is 0 Å². The second-order valence-corrected chi connectivity index (χ2v) is 4.89. The SMILES string of the molecule is NCC1CCCN1C(=O)c1ccc2c(c1)OCCO2. The molecule has 1 fully saturated rings. The van der Waals surface area contributed by atoms with Crippen LogP contribution >= 0.6 is 0 Å². The standard InChI is InChI=1S/C14H18N2O3/c15-9-11-2-1-5-16(11)14(17)10-3-4-12-13(8-10)19-7-6-18-12/h3-4,8,11H,1-2,5-7,9,15H2. The Kier molecular flexibility index (Phi) is 3.29. The molecule has 1 aromatic rings. The Hall–Kier alpha value is -1.75. The molecule has 2 aliphatic rings. The number of hydrogen-bond acceptors (Lipinski definition) is 4. The number of likely N-dealkylation sites (tertiary alicyclic amines) is 1. The molecule has 1 saturated heterocycles. The lowest BCUT2D eigenvalue weighted by Crippen LogP contribution is -2.39. The highest BCUT2D eigenvalue weighted by atomic mass is 16.6. The first-order valence-corrected chi connectivity index (χ1v) is 6.70. The van der Waals surface area contributed by atoms with Gasteiger partial charge in [-0.05, 0) is 31.0 Å².